The quantitative estimate of drug-likeness (QED) is 0.206. The van der Waals surface area contributed by atoms with E-state index >= 15 is 0 Å². The maximum absolute atomic E-state index is 13.6. The topological polar surface area (TPSA) is 148 Å². The summed E-state index contributed by atoms with van der Waals surface area (Å²) in [6.07, 6.45) is 1.56. The van der Waals surface area contributed by atoms with Crippen LogP contribution in [0.2, 0.25) is 0 Å². The Morgan fingerprint density at radius 1 is 1.00 bits per heavy atom. The molecule has 2 atom stereocenters. The van der Waals surface area contributed by atoms with Gasteiger partial charge in [-0.15, -0.1) is 0 Å². The number of carboxylic acids is 1. The first-order chi connectivity index (χ1) is 19.0. The van der Waals surface area contributed by atoms with Crippen molar-refractivity contribution in [2.45, 2.75) is 83.2 Å². The Morgan fingerprint density at radius 3 is 2.17 bits per heavy atom. The SMILES string of the molecule is CC(C)(C)OC(=O)C(C(=O)O)N(C(=O)[C@@H](N)CCCCNC(=O)OCc1ccccc1)C1Cc2ccccc2C1. The molecular formula is C30H39N3O7. The zero-order valence-corrected chi connectivity index (χ0v) is 23.3. The molecule has 0 aromatic heterocycles. The number of fused-ring (bicyclic) bond motifs is 1. The molecule has 216 valence electrons. The molecule has 0 aliphatic heterocycles. The zero-order chi connectivity index (χ0) is 29.3. The standard InChI is InChI=1S/C30H39N3O7/c1-30(2,3)40-28(37)25(27(35)36)33(23-17-21-13-7-8-14-22(21)18-23)26(34)24(31)15-9-10-16-32-29(38)39-19-20-11-5-4-6-12-20/h4-8,11-14,23-25H,9-10,15-19,31H2,1-3H3,(H,32,38)(H,35,36)/t24-,25?/m0/s1. The second-order valence-corrected chi connectivity index (χ2v) is 10.9. The van der Waals surface area contributed by atoms with Gasteiger partial charge in [-0.1, -0.05) is 54.6 Å². The number of hydrogen-bond acceptors (Lipinski definition) is 7. The van der Waals surface area contributed by atoms with Crippen LogP contribution in [0.3, 0.4) is 0 Å². The molecule has 0 heterocycles. The van der Waals surface area contributed by atoms with E-state index in [0.717, 1.165) is 21.6 Å². The number of esters is 1. The largest absolute Gasteiger partial charge is 0.479 e. The maximum Gasteiger partial charge on any atom is 0.407 e. The smallest absolute Gasteiger partial charge is 0.407 e. The van der Waals surface area contributed by atoms with Gasteiger partial charge in [-0.25, -0.2) is 14.4 Å². The predicted octanol–water partition coefficient (Wildman–Crippen LogP) is 3.20. The molecule has 40 heavy (non-hydrogen) atoms. The van der Waals surface area contributed by atoms with E-state index < -0.39 is 47.7 Å². The van der Waals surface area contributed by atoms with Crippen molar-refractivity contribution in [3.8, 4) is 0 Å². The minimum Gasteiger partial charge on any atom is -0.479 e. The predicted molar refractivity (Wildman–Crippen MR) is 148 cm³/mol. The maximum atomic E-state index is 13.6. The van der Waals surface area contributed by atoms with Crippen LogP contribution in [0.15, 0.2) is 54.6 Å². The van der Waals surface area contributed by atoms with Crippen LogP contribution < -0.4 is 11.1 Å². The molecule has 0 spiro atoms. The highest BCUT2D eigenvalue weighted by Gasteiger charge is 2.45. The Morgan fingerprint density at radius 2 is 1.60 bits per heavy atom. The van der Waals surface area contributed by atoms with Gasteiger partial charge >= 0.3 is 18.0 Å². The van der Waals surface area contributed by atoms with Gasteiger partial charge in [0.1, 0.15) is 12.2 Å². The number of nitrogens with two attached hydrogens (primary N) is 1. The van der Waals surface area contributed by atoms with E-state index in [-0.39, 0.29) is 13.0 Å². The van der Waals surface area contributed by atoms with Crippen molar-refractivity contribution in [2.75, 3.05) is 6.54 Å². The summed E-state index contributed by atoms with van der Waals surface area (Å²) in [7, 11) is 0. The van der Waals surface area contributed by atoms with Crippen LogP contribution in [-0.2, 0) is 43.3 Å². The van der Waals surface area contributed by atoms with Gasteiger partial charge in [0.2, 0.25) is 11.9 Å². The lowest BCUT2D eigenvalue weighted by Gasteiger charge is -2.36. The fraction of sp³-hybridized carbons (Fsp3) is 0.467. The van der Waals surface area contributed by atoms with Crippen LogP contribution in [0.5, 0.6) is 0 Å². The normalized spacial score (nSPS) is 14.5. The highest BCUT2D eigenvalue weighted by molar-refractivity contribution is 6.02. The molecule has 0 bridgehead atoms. The summed E-state index contributed by atoms with van der Waals surface area (Å²) in [6, 6.07) is 13.5. The first-order valence-corrected chi connectivity index (χ1v) is 13.5. The molecule has 1 unspecified atom stereocenters. The molecule has 2 aromatic rings. The van der Waals surface area contributed by atoms with Gasteiger partial charge in [0.15, 0.2) is 0 Å². The molecular weight excluding hydrogens is 514 g/mol. The van der Waals surface area contributed by atoms with E-state index in [2.05, 4.69) is 5.32 Å². The summed E-state index contributed by atoms with van der Waals surface area (Å²) >= 11 is 0. The molecule has 10 nitrogen and oxygen atoms in total. The molecule has 0 fully saturated rings. The first kappa shape index (κ1) is 30.6. The first-order valence-electron chi connectivity index (χ1n) is 13.5. The van der Waals surface area contributed by atoms with Gasteiger partial charge in [0.25, 0.3) is 0 Å². The molecule has 2 aromatic carbocycles. The van der Waals surface area contributed by atoms with Crippen molar-refractivity contribution in [3.63, 3.8) is 0 Å². The molecule has 4 N–H and O–H groups in total. The number of carboxylic acid groups (broad SMARTS) is 1. The van der Waals surface area contributed by atoms with E-state index in [0.29, 0.717) is 32.2 Å². The molecule has 0 saturated heterocycles. The molecule has 1 aliphatic carbocycles. The molecule has 1 aliphatic rings. The van der Waals surface area contributed by atoms with E-state index in [9.17, 15) is 24.3 Å². The molecule has 10 heteroatoms. The highest BCUT2D eigenvalue weighted by Crippen LogP contribution is 2.28. The second-order valence-electron chi connectivity index (χ2n) is 10.9. The third kappa shape index (κ3) is 8.81. The van der Waals surface area contributed by atoms with Crippen molar-refractivity contribution >= 4 is 23.9 Å². The minimum absolute atomic E-state index is 0.162. The Balaban J connectivity index is 1.59. The number of rotatable bonds is 12. The number of aliphatic carboxylic acids is 1. The van der Waals surface area contributed by atoms with Crippen LogP contribution in [0.1, 0.15) is 56.7 Å². The number of benzene rings is 2. The van der Waals surface area contributed by atoms with Crippen LogP contribution in [0.25, 0.3) is 0 Å². The monoisotopic (exact) mass is 553 g/mol. The Labute approximate surface area is 234 Å². The number of carbonyl (C=O) groups excluding carboxylic acids is 3. The molecule has 2 amide bonds. The van der Waals surface area contributed by atoms with Crippen molar-refractivity contribution in [1.29, 1.82) is 0 Å². The van der Waals surface area contributed by atoms with Crippen LogP contribution in [-0.4, -0.2) is 64.2 Å². The number of nitrogens with zero attached hydrogens (tertiary/aromatic N) is 1. The molecule has 0 saturated carbocycles. The lowest BCUT2D eigenvalue weighted by molar-refractivity contribution is -0.174. The average Bonchev–Trinajstić information content (AvgIpc) is 3.33. The number of carbonyl (C=O) groups is 4. The lowest BCUT2D eigenvalue weighted by Crippen LogP contribution is -2.59. The van der Waals surface area contributed by atoms with Crippen LogP contribution in [0, 0.1) is 0 Å². The fourth-order valence-electron chi connectivity index (χ4n) is 4.71. The number of nitrogens with one attached hydrogen (secondary N) is 1. The van der Waals surface area contributed by atoms with Crippen molar-refractivity contribution in [1.82, 2.24) is 10.2 Å². The number of alkyl carbamates (subject to hydrolysis) is 1. The van der Waals surface area contributed by atoms with Gasteiger partial charge in [0, 0.05) is 12.6 Å². The van der Waals surface area contributed by atoms with Crippen molar-refractivity contribution in [2.24, 2.45) is 5.73 Å². The van der Waals surface area contributed by atoms with E-state index in [4.69, 9.17) is 15.2 Å². The third-order valence-corrected chi connectivity index (χ3v) is 6.56. The Bertz CT molecular complexity index is 1150. The summed E-state index contributed by atoms with van der Waals surface area (Å²) < 4.78 is 10.6. The zero-order valence-electron chi connectivity index (χ0n) is 23.3. The van der Waals surface area contributed by atoms with E-state index in [1.807, 2.05) is 54.6 Å². The number of hydrogen-bond donors (Lipinski definition) is 3. The summed E-state index contributed by atoms with van der Waals surface area (Å²) in [5, 5.41) is 12.7. The van der Waals surface area contributed by atoms with Gasteiger partial charge in [-0.3, -0.25) is 4.79 Å². The molecule has 3 rings (SSSR count). The average molecular weight is 554 g/mol. The number of ether oxygens (including phenoxy) is 2. The number of amides is 2. The second kappa shape index (κ2) is 13.9. The van der Waals surface area contributed by atoms with Crippen LogP contribution >= 0.6 is 0 Å². The number of unbranched alkanes of at least 4 members (excludes halogenated alkanes) is 1. The summed E-state index contributed by atoms with van der Waals surface area (Å²) in [4.78, 5) is 52.0. The summed E-state index contributed by atoms with van der Waals surface area (Å²) in [5.41, 5.74) is 8.20. The highest BCUT2D eigenvalue weighted by atomic mass is 16.6. The molecule has 0 radical (unpaired) electrons. The third-order valence-electron chi connectivity index (χ3n) is 6.56. The van der Waals surface area contributed by atoms with Crippen molar-refractivity contribution in [3.05, 3.63) is 71.3 Å². The van der Waals surface area contributed by atoms with Gasteiger partial charge in [-0.2, -0.15) is 0 Å². The van der Waals surface area contributed by atoms with Crippen LogP contribution in [0.4, 0.5) is 4.79 Å². The Kier molecular flexibility index (Phi) is 10.7. The Hall–Kier alpha value is -3.92. The summed E-state index contributed by atoms with van der Waals surface area (Å²) in [5.74, 6) is -3.09. The van der Waals surface area contributed by atoms with Gasteiger partial charge < -0.3 is 30.5 Å². The van der Waals surface area contributed by atoms with Gasteiger partial charge in [-0.05, 0) is 69.6 Å². The summed E-state index contributed by atoms with van der Waals surface area (Å²) in [6.45, 7) is 5.40. The fourth-order valence-corrected chi connectivity index (χ4v) is 4.71. The minimum atomic E-state index is -1.82. The van der Waals surface area contributed by atoms with Crippen molar-refractivity contribution < 1.29 is 33.8 Å². The van der Waals surface area contributed by atoms with Gasteiger partial charge in [0.05, 0.1) is 6.04 Å². The van der Waals surface area contributed by atoms with E-state index in [1.165, 1.54) is 0 Å². The lowest BCUT2D eigenvalue weighted by atomic mass is 10.0. The van der Waals surface area contributed by atoms with E-state index in [1.54, 1.807) is 20.8 Å².